The maximum atomic E-state index is 13.8. The Morgan fingerprint density at radius 2 is 2.15 bits per heavy atom. The molecule has 0 amide bonds. The summed E-state index contributed by atoms with van der Waals surface area (Å²) in [6.07, 6.45) is 7.83. The third-order valence-corrected chi connectivity index (χ3v) is 4.07. The van der Waals surface area contributed by atoms with Gasteiger partial charge in [-0.3, -0.25) is 0 Å². The van der Waals surface area contributed by atoms with Gasteiger partial charge < -0.3 is 9.47 Å². The van der Waals surface area contributed by atoms with Crippen LogP contribution in [0.1, 0.15) is 24.3 Å². The lowest BCUT2D eigenvalue weighted by Gasteiger charge is -2.16. The zero-order chi connectivity index (χ0) is 13.8. The summed E-state index contributed by atoms with van der Waals surface area (Å²) in [7, 11) is 0. The molecule has 3 nitrogen and oxygen atoms in total. The van der Waals surface area contributed by atoms with Gasteiger partial charge >= 0.3 is 0 Å². The highest BCUT2D eigenvalue weighted by Crippen LogP contribution is 2.28. The molecule has 20 heavy (non-hydrogen) atoms. The lowest BCUT2D eigenvalue weighted by Crippen LogP contribution is -2.22. The Labute approximate surface area is 119 Å². The Balaban J connectivity index is 1.49. The Hall–Kier alpha value is -1.68. The number of rotatable bonds is 5. The van der Waals surface area contributed by atoms with E-state index in [1.54, 1.807) is 12.1 Å². The van der Waals surface area contributed by atoms with Crippen LogP contribution in [0.2, 0.25) is 0 Å². The van der Waals surface area contributed by atoms with Crippen molar-refractivity contribution in [3.63, 3.8) is 0 Å². The summed E-state index contributed by atoms with van der Waals surface area (Å²) in [5, 5.41) is 0. The van der Waals surface area contributed by atoms with Crippen LogP contribution in [0.25, 0.3) is 0 Å². The monoisotopic (exact) mass is 273 g/mol. The van der Waals surface area contributed by atoms with E-state index < -0.39 is 0 Å². The molecule has 4 heteroatoms. The number of hydrogen-bond acceptors (Lipinski definition) is 2. The molecule has 0 radical (unpaired) electrons. The Morgan fingerprint density at radius 1 is 1.25 bits per heavy atom. The Kier molecular flexibility index (Phi) is 4.11. The van der Waals surface area contributed by atoms with E-state index in [0.29, 0.717) is 5.92 Å². The first-order chi connectivity index (χ1) is 9.83. The fourth-order valence-electron chi connectivity index (χ4n) is 2.99. The highest BCUT2D eigenvalue weighted by atomic mass is 19.1. The molecule has 106 valence electrons. The van der Waals surface area contributed by atoms with E-state index >= 15 is 0 Å². The van der Waals surface area contributed by atoms with Crippen molar-refractivity contribution in [2.45, 2.75) is 25.3 Å². The number of benzene rings is 1. The standard InChI is InChI=1S/C16H20FN3/c17-16-5-2-1-4-15(16)14-6-10-19(12-14)8-3-9-20-11-7-18-13-20/h1-2,4-5,7,11,13-14H,3,6,8-10,12H2/t14-/m0/s1. The molecule has 0 N–H and O–H groups in total. The molecule has 1 atom stereocenters. The normalized spacial score (nSPS) is 19.6. The predicted octanol–water partition coefficient (Wildman–Crippen LogP) is 2.90. The van der Waals surface area contributed by atoms with E-state index in [1.165, 1.54) is 0 Å². The first-order valence-electron chi connectivity index (χ1n) is 7.25. The highest BCUT2D eigenvalue weighted by molar-refractivity contribution is 5.23. The smallest absolute Gasteiger partial charge is 0.126 e. The van der Waals surface area contributed by atoms with E-state index in [1.807, 2.05) is 30.9 Å². The average molecular weight is 273 g/mol. The zero-order valence-electron chi connectivity index (χ0n) is 11.6. The Morgan fingerprint density at radius 3 is 2.95 bits per heavy atom. The van der Waals surface area contributed by atoms with Gasteiger partial charge in [0.1, 0.15) is 5.82 Å². The van der Waals surface area contributed by atoms with Crippen molar-refractivity contribution < 1.29 is 4.39 Å². The second kappa shape index (κ2) is 6.18. The van der Waals surface area contributed by atoms with E-state index in [9.17, 15) is 4.39 Å². The highest BCUT2D eigenvalue weighted by Gasteiger charge is 2.25. The summed E-state index contributed by atoms with van der Waals surface area (Å²) in [5.74, 6) is 0.294. The summed E-state index contributed by atoms with van der Waals surface area (Å²) in [6, 6.07) is 7.18. The topological polar surface area (TPSA) is 21.1 Å². The van der Waals surface area contributed by atoms with Crippen molar-refractivity contribution in [2.24, 2.45) is 0 Å². The molecule has 3 rings (SSSR count). The van der Waals surface area contributed by atoms with Crippen LogP contribution in [0, 0.1) is 5.82 Å². The molecule has 0 aliphatic carbocycles. The van der Waals surface area contributed by atoms with Crippen molar-refractivity contribution in [3.8, 4) is 0 Å². The molecule has 1 saturated heterocycles. The zero-order valence-corrected chi connectivity index (χ0v) is 11.6. The molecule has 2 aromatic rings. The minimum absolute atomic E-state index is 0.0576. The maximum absolute atomic E-state index is 13.8. The second-order valence-electron chi connectivity index (χ2n) is 5.46. The molecular formula is C16H20FN3. The second-order valence-corrected chi connectivity index (χ2v) is 5.46. The van der Waals surface area contributed by atoms with Gasteiger partial charge in [-0.1, -0.05) is 18.2 Å². The predicted molar refractivity (Wildman–Crippen MR) is 77.0 cm³/mol. The van der Waals surface area contributed by atoms with Crippen molar-refractivity contribution >= 4 is 0 Å². The summed E-state index contributed by atoms with van der Waals surface area (Å²) < 4.78 is 15.9. The third kappa shape index (κ3) is 3.07. The molecule has 0 unspecified atom stereocenters. The largest absolute Gasteiger partial charge is 0.337 e. The SMILES string of the molecule is Fc1ccccc1[C@H]1CCN(CCCn2ccnc2)C1. The minimum Gasteiger partial charge on any atom is -0.337 e. The molecule has 0 spiro atoms. The van der Waals surface area contributed by atoms with Crippen LogP contribution in [0.15, 0.2) is 43.0 Å². The molecule has 1 aliphatic rings. The van der Waals surface area contributed by atoms with Gasteiger partial charge in [-0.15, -0.1) is 0 Å². The van der Waals surface area contributed by atoms with E-state index in [2.05, 4.69) is 14.5 Å². The number of nitrogens with zero attached hydrogens (tertiary/aromatic N) is 3. The molecular weight excluding hydrogens is 253 g/mol. The number of imidazole rings is 1. The van der Waals surface area contributed by atoms with E-state index in [-0.39, 0.29) is 5.82 Å². The number of likely N-dealkylation sites (tertiary alicyclic amines) is 1. The lowest BCUT2D eigenvalue weighted by atomic mass is 9.98. The van der Waals surface area contributed by atoms with E-state index in [4.69, 9.17) is 0 Å². The molecule has 2 heterocycles. The van der Waals surface area contributed by atoms with Crippen LogP contribution in [0.5, 0.6) is 0 Å². The van der Waals surface area contributed by atoms with Crippen molar-refractivity contribution in [2.75, 3.05) is 19.6 Å². The summed E-state index contributed by atoms with van der Waals surface area (Å²) in [6.45, 7) is 4.12. The van der Waals surface area contributed by atoms with Crippen molar-refractivity contribution in [1.29, 1.82) is 0 Å². The van der Waals surface area contributed by atoms with E-state index in [0.717, 1.165) is 44.6 Å². The summed E-state index contributed by atoms with van der Waals surface area (Å²) >= 11 is 0. The number of halogens is 1. The van der Waals surface area contributed by atoms with Gasteiger partial charge in [0.15, 0.2) is 0 Å². The number of aryl methyl sites for hydroxylation is 1. The number of hydrogen-bond donors (Lipinski definition) is 0. The van der Waals surface area contributed by atoms with Gasteiger partial charge in [0.05, 0.1) is 6.33 Å². The molecule has 1 aliphatic heterocycles. The third-order valence-electron chi connectivity index (χ3n) is 4.07. The van der Waals surface area contributed by atoms with Crippen molar-refractivity contribution in [1.82, 2.24) is 14.5 Å². The maximum Gasteiger partial charge on any atom is 0.126 e. The van der Waals surface area contributed by atoms with Crippen molar-refractivity contribution in [3.05, 3.63) is 54.4 Å². The first-order valence-corrected chi connectivity index (χ1v) is 7.25. The average Bonchev–Trinajstić information content (AvgIpc) is 3.11. The summed E-state index contributed by atoms with van der Waals surface area (Å²) in [4.78, 5) is 6.48. The van der Waals surface area contributed by atoms with Crippen LogP contribution in [0.4, 0.5) is 4.39 Å². The molecule has 1 aromatic carbocycles. The van der Waals surface area contributed by atoms with Crippen LogP contribution >= 0.6 is 0 Å². The van der Waals surface area contributed by atoms with Crippen LogP contribution < -0.4 is 0 Å². The number of aromatic nitrogens is 2. The van der Waals surface area contributed by atoms with Gasteiger partial charge in [0, 0.05) is 31.4 Å². The van der Waals surface area contributed by atoms with Crippen LogP contribution in [0.3, 0.4) is 0 Å². The van der Waals surface area contributed by atoms with Gasteiger partial charge in [0.2, 0.25) is 0 Å². The first kappa shape index (κ1) is 13.3. The molecule has 0 bridgehead atoms. The Bertz CT molecular complexity index is 538. The van der Waals surface area contributed by atoms with Gasteiger partial charge in [0.25, 0.3) is 0 Å². The lowest BCUT2D eigenvalue weighted by molar-refractivity contribution is 0.320. The molecule has 0 saturated carbocycles. The summed E-state index contributed by atoms with van der Waals surface area (Å²) in [5.41, 5.74) is 0.879. The quantitative estimate of drug-likeness (QED) is 0.835. The van der Waals surface area contributed by atoms with Gasteiger partial charge in [-0.2, -0.15) is 0 Å². The fraction of sp³-hybridized carbons (Fsp3) is 0.438. The molecule has 1 fully saturated rings. The van der Waals surface area contributed by atoms with Crippen LogP contribution in [-0.2, 0) is 6.54 Å². The molecule has 1 aromatic heterocycles. The van der Waals surface area contributed by atoms with Gasteiger partial charge in [-0.25, -0.2) is 9.37 Å². The minimum atomic E-state index is -0.0576. The van der Waals surface area contributed by atoms with Crippen LogP contribution in [-0.4, -0.2) is 34.1 Å². The van der Waals surface area contributed by atoms with Gasteiger partial charge in [-0.05, 0) is 37.6 Å². The fourth-order valence-corrected chi connectivity index (χ4v) is 2.99.